The lowest BCUT2D eigenvalue weighted by atomic mass is 10.0. The average molecular weight is 681 g/mol. The van der Waals surface area contributed by atoms with Crippen LogP contribution in [0.25, 0.3) is 11.0 Å². The lowest BCUT2D eigenvalue weighted by molar-refractivity contribution is -0.116. The Kier molecular flexibility index (Phi) is 14.1. The van der Waals surface area contributed by atoms with Gasteiger partial charge in [-0.3, -0.25) is 14.4 Å². The van der Waals surface area contributed by atoms with Crippen molar-refractivity contribution in [1.29, 1.82) is 0 Å². The first-order chi connectivity index (χ1) is 23.1. The first-order valence-corrected chi connectivity index (χ1v) is 16.3. The number of nitrogens with two attached hydrogens (primary N) is 2. The molecule has 0 bridgehead atoms. The van der Waals surface area contributed by atoms with Gasteiger partial charge in [-0.2, -0.15) is 0 Å². The number of amides is 3. The normalized spacial score (nSPS) is 14.4. The summed E-state index contributed by atoms with van der Waals surface area (Å²) < 4.78 is 18.1. The van der Waals surface area contributed by atoms with Crippen molar-refractivity contribution < 1.29 is 33.4 Å². The minimum absolute atomic E-state index is 0.00447. The second-order valence-corrected chi connectivity index (χ2v) is 13.2. The molecule has 14 heteroatoms. The first kappa shape index (κ1) is 38.5. The van der Waals surface area contributed by atoms with Gasteiger partial charge in [0.15, 0.2) is 0 Å². The fraction of sp³-hybridized carbons (Fsp3) is 0.486. The maximum atomic E-state index is 13.3. The van der Waals surface area contributed by atoms with Crippen LogP contribution >= 0.6 is 0 Å². The Morgan fingerprint density at radius 2 is 1.90 bits per heavy atom. The van der Waals surface area contributed by atoms with Crippen LogP contribution in [0.5, 0.6) is 0 Å². The molecule has 1 saturated heterocycles. The van der Waals surface area contributed by atoms with Gasteiger partial charge in [0.25, 0.3) is 5.56 Å². The molecule has 1 aliphatic heterocycles. The topological polar surface area (TPSA) is 200 Å². The van der Waals surface area contributed by atoms with E-state index >= 15 is 0 Å². The highest BCUT2D eigenvalue weighted by molar-refractivity contribution is 5.91. The van der Waals surface area contributed by atoms with E-state index in [1.165, 1.54) is 21.3 Å². The van der Waals surface area contributed by atoms with Crippen LogP contribution in [0.15, 0.2) is 53.5 Å². The molecular weight excluding hydrogens is 632 g/mol. The summed E-state index contributed by atoms with van der Waals surface area (Å²) in [5.74, 6) is 0.222. The summed E-state index contributed by atoms with van der Waals surface area (Å²) in [7, 11) is 0. The van der Waals surface area contributed by atoms with E-state index in [-0.39, 0.29) is 24.6 Å². The molecule has 4 rings (SSSR count). The minimum Gasteiger partial charge on any atom is -0.449 e. The van der Waals surface area contributed by atoms with Crippen LogP contribution in [0.2, 0.25) is 0 Å². The molecule has 0 aliphatic carbocycles. The molecule has 3 amide bonds. The van der Waals surface area contributed by atoms with Crippen molar-refractivity contribution >= 4 is 40.7 Å². The van der Waals surface area contributed by atoms with Crippen molar-refractivity contribution in [3.05, 3.63) is 70.4 Å². The summed E-state index contributed by atoms with van der Waals surface area (Å²) in [5, 5.41) is 2.65. The van der Waals surface area contributed by atoms with Gasteiger partial charge in [0.2, 0.25) is 11.8 Å². The third-order valence-corrected chi connectivity index (χ3v) is 7.19. The molecule has 49 heavy (non-hydrogen) atoms. The number of benzene rings is 1. The largest absolute Gasteiger partial charge is 0.449 e. The number of aromatic nitrogens is 3. The number of pyridine rings is 1. The Morgan fingerprint density at radius 3 is 2.53 bits per heavy atom. The predicted molar refractivity (Wildman–Crippen MR) is 185 cm³/mol. The summed E-state index contributed by atoms with van der Waals surface area (Å²) in [6.07, 6.45) is 6.08. The van der Waals surface area contributed by atoms with Gasteiger partial charge in [-0.15, -0.1) is 0 Å². The molecule has 3 aromatic rings. The van der Waals surface area contributed by atoms with Gasteiger partial charge in [0.05, 0.1) is 30.8 Å². The highest BCUT2D eigenvalue weighted by Gasteiger charge is 2.25. The standard InChI is InChI=1S/C29H37N5O5.C6H11NO3/c1-19(2)17-20-11-9-13-22-26(20)32-24(34(22)28(38)39-29(3,4)5)18-33-16-10-12-21(27(33)37)31-25(36)15-8-6-7-14-23(30)35;7-6(8)10-4-5-1-2-9-3-5/h7,9-14,16,19H,6,8,15,17-18H2,1-5H3,(H2,30,35)(H,31,36);5H,1-4H2,(H2,7,8)/b14-7+;. The van der Waals surface area contributed by atoms with Gasteiger partial charge < -0.3 is 35.6 Å². The van der Waals surface area contributed by atoms with Crippen LogP contribution in [0, 0.1) is 11.8 Å². The number of hydrogen-bond donors (Lipinski definition) is 3. The van der Waals surface area contributed by atoms with E-state index in [2.05, 4.69) is 23.9 Å². The molecule has 14 nitrogen and oxygen atoms in total. The maximum Gasteiger partial charge on any atom is 0.420 e. The number of primary amides is 2. The van der Waals surface area contributed by atoms with Crippen LogP contribution in [-0.2, 0) is 36.8 Å². The first-order valence-electron chi connectivity index (χ1n) is 16.3. The number of anilines is 1. The van der Waals surface area contributed by atoms with Crippen molar-refractivity contribution in [1.82, 2.24) is 14.1 Å². The highest BCUT2D eigenvalue weighted by atomic mass is 16.6. The number of nitrogens with zero attached hydrogens (tertiary/aromatic N) is 3. The monoisotopic (exact) mass is 680 g/mol. The predicted octanol–water partition coefficient (Wildman–Crippen LogP) is 4.50. The zero-order chi connectivity index (χ0) is 36.1. The van der Waals surface area contributed by atoms with Crippen molar-refractivity contribution in [2.75, 3.05) is 25.1 Å². The molecule has 1 aromatic carbocycles. The average Bonchev–Trinajstić information content (AvgIpc) is 3.65. The lowest BCUT2D eigenvalue weighted by Crippen LogP contribution is -2.30. The summed E-state index contributed by atoms with van der Waals surface area (Å²) in [6.45, 7) is 11.4. The van der Waals surface area contributed by atoms with Gasteiger partial charge in [-0.05, 0) is 82.2 Å². The van der Waals surface area contributed by atoms with Crippen molar-refractivity contribution in [2.45, 2.75) is 78.9 Å². The third-order valence-electron chi connectivity index (χ3n) is 7.19. The molecule has 1 atom stereocenters. The molecule has 1 fully saturated rings. The van der Waals surface area contributed by atoms with E-state index < -0.39 is 29.3 Å². The van der Waals surface area contributed by atoms with Crippen LogP contribution in [0.4, 0.5) is 15.3 Å². The SMILES string of the molecule is CC(C)Cc1cccc2c1nc(Cn1cccc(NC(=O)CCC/C=C/C(N)=O)c1=O)n2C(=O)OC(C)(C)C.NC(=O)OCC1CCOC1. The van der Waals surface area contributed by atoms with Crippen LogP contribution in [-0.4, -0.2) is 63.5 Å². The van der Waals surface area contributed by atoms with Crippen LogP contribution in [0.1, 0.15) is 71.7 Å². The minimum atomic E-state index is -0.725. The highest BCUT2D eigenvalue weighted by Crippen LogP contribution is 2.24. The summed E-state index contributed by atoms with van der Waals surface area (Å²) >= 11 is 0. The molecule has 1 aliphatic rings. The summed E-state index contributed by atoms with van der Waals surface area (Å²) in [4.78, 5) is 64.6. The van der Waals surface area contributed by atoms with Crippen molar-refractivity contribution in [3.8, 4) is 0 Å². The number of fused-ring (bicyclic) bond motifs is 1. The molecule has 5 N–H and O–H groups in total. The van der Waals surface area contributed by atoms with E-state index in [1.807, 2.05) is 18.2 Å². The van der Waals surface area contributed by atoms with Gasteiger partial charge in [0, 0.05) is 25.1 Å². The Labute approximate surface area is 285 Å². The van der Waals surface area contributed by atoms with Gasteiger partial charge in [-0.1, -0.05) is 32.1 Å². The van der Waals surface area contributed by atoms with Gasteiger partial charge in [-0.25, -0.2) is 19.1 Å². The lowest BCUT2D eigenvalue weighted by Gasteiger charge is -2.20. The van der Waals surface area contributed by atoms with Gasteiger partial charge >= 0.3 is 12.2 Å². The number of imidazole rings is 1. The number of nitrogens with one attached hydrogen (secondary N) is 1. The fourth-order valence-corrected chi connectivity index (χ4v) is 5.04. The molecule has 0 radical (unpaired) electrons. The number of ether oxygens (including phenoxy) is 3. The fourth-order valence-electron chi connectivity index (χ4n) is 5.04. The van der Waals surface area contributed by atoms with E-state index in [0.717, 1.165) is 25.0 Å². The zero-order valence-corrected chi connectivity index (χ0v) is 28.9. The summed E-state index contributed by atoms with van der Waals surface area (Å²) in [6, 6.07) is 8.87. The Morgan fingerprint density at radius 1 is 1.14 bits per heavy atom. The molecule has 0 saturated carbocycles. The number of unbranched alkanes of at least 4 members (excludes halogenated alkanes) is 1. The van der Waals surface area contributed by atoms with Crippen molar-refractivity contribution in [2.24, 2.45) is 23.3 Å². The van der Waals surface area contributed by atoms with Crippen molar-refractivity contribution in [3.63, 3.8) is 0 Å². The number of hydrogen-bond acceptors (Lipinski definition) is 9. The number of carbonyl (C=O) groups is 4. The maximum absolute atomic E-state index is 13.3. The smallest absolute Gasteiger partial charge is 0.420 e. The van der Waals surface area contributed by atoms with E-state index in [0.29, 0.717) is 54.7 Å². The number of rotatable bonds is 12. The molecule has 3 heterocycles. The molecule has 0 spiro atoms. The third kappa shape index (κ3) is 12.5. The van der Waals surface area contributed by atoms with E-state index in [4.69, 9.17) is 25.9 Å². The number of allylic oxidation sites excluding steroid dienone is 1. The van der Waals surface area contributed by atoms with E-state index in [9.17, 15) is 24.0 Å². The Bertz CT molecular complexity index is 1700. The Balaban J connectivity index is 0.000000555. The summed E-state index contributed by atoms with van der Waals surface area (Å²) in [5.41, 5.74) is 11.1. The quantitative estimate of drug-likeness (QED) is 0.182. The Hall–Kier alpha value is -4.98. The molecule has 266 valence electrons. The molecular formula is C35H48N6O8. The van der Waals surface area contributed by atoms with Gasteiger partial charge in [0.1, 0.15) is 17.1 Å². The van der Waals surface area contributed by atoms with Crippen LogP contribution < -0.4 is 22.3 Å². The zero-order valence-electron chi connectivity index (χ0n) is 28.9. The molecule has 1 unspecified atom stereocenters. The van der Waals surface area contributed by atoms with E-state index in [1.54, 1.807) is 39.1 Å². The number of carbonyl (C=O) groups excluding carboxylic acids is 4. The second kappa shape index (κ2) is 18.0. The second-order valence-electron chi connectivity index (χ2n) is 13.2. The molecule has 2 aromatic heterocycles. The van der Waals surface area contributed by atoms with Crippen LogP contribution in [0.3, 0.4) is 0 Å². The number of para-hydroxylation sites is 1.